The minimum absolute atomic E-state index is 0.00248. The Morgan fingerprint density at radius 2 is 0.770 bits per heavy atom. The van der Waals surface area contributed by atoms with E-state index >= 15 is 0 Å². The number of nitrogens with zero attached hydrogens (tertiary/aromatic N) is 13. The number of aromatic carboxylic acids is 2. The number of nitrogens with one attached hydrogen (secondary N) is 7. The molecular formula is C53H56Cl2N20O21S4. The number of anilines is 4. The molecule has 4 aromatic carbocycles. The number of halogens is 2. The van der Waals surface area contributed by atoms with Crippen molar-refractivity contribution in [3.05, 3.63) is 137 Å². The molecule has 9 N–H and O–H groups in total. The number of hydroxylamine groups is 4. The number of hydrogen-bond acceptors (Lipinski definition) is 31. The minimum Gasteiger partial charge on any atom is -0.491 e. The quantitative estimate of drug-likeness (QED) is 0.0280. The molecule has 100 heavy (non-hydrogen) atoms. The maximum absolute atomic E-state index is 12.2. The lowest BCUT2D eigenvalue weighted by Crippen LogP contribution is -2.38. The third-order valence-corrected chi connectivity index (χ3v) is 15.1. The SMILES string of the molecule is COc1nc(C)nc(N(C)C(=O)NOS(=O)c2ccccc2C(=O)O)n1.COc1nc(C)nc(NC(=O)NOS(=O)c2ccccc2C(=O)O)n1.COc1nc(C)nc(NC(=O)NOS(=O)c2ccccc2Cl)n1.COc1nc(C)nc(NC(=O)NOS(=O)c2ccccc2OCCCl)n1. The van der Waals surface area contributed by atoms with E-state index in [4.69, 9.17) is 70.0 Å². The van der Waals surface area contributed by atoms with Gasteiger partial charge in [0, 0.05) is 7.05 Å². The van der Waals surface area contributed by atoms with Gasteiger partial charge in [-0.05, 0) is 76.2 Å². The van der Waals surface area contributed by atoms with Gasteiger partial charge in [0.2, 0.25) is 68.1 Å². The normalized spacial score (nSPS) is 11.5. The van der Waals surface area contributed by atoms with Crippen LogP contribution in [0, 0.1) is 27.7 Å². The Labute approximate surface area is 585 Å². The van der Waals surface area contributed by atoms with Crippen LogP contribution in [0.5, 0.6) is 29.8 Å². The third kappa shape index (κ3) is 26.1. The molecule has 0 bridgehead atoms. The molecule has 8 aromatic rings. The minimum atomic E-state index is -2.24. The van der Waals surface area contributed by atoms with Gasteiger partial charge in [0.25, 0.3) is 0 Å². The second-order valence-electron chi connectivity index (χ2n) is 17.7. The number of ether oxygens (including phenoxy) is 5. The number of alkyl halides is 1. The fourth-order valence-electron chi connectivity index (χ4n) is 6.53. The summed E-state index contributed by atoms with van der Waals surface area (Å²) < 4.78 is 92.1. The van der Waals surface area contributed by atoms with Crippen molar-refractivity contribution in [2.45, 2.75) is 47.3 Å². The van der Waals surface area contributed by atoms with Crippen LogP contribution >= 0.6 is 23.2 Å². The molecule has 0 radical (unpaired) electrons. The average molecular weight is 1510 g/mol. The lowest BCUT2D eigenvalue weighted by atomic mass is 10.2. The van der Waals surface area contributed by atoms with Crippen molar-refractivity contribution in [3.8, 4) is 29.8 Å². The molecule has 4 heterocycles. The van der Waals surface area contributed by atoms with Gasteiger partial charge >= 0.3 is 60.1 Å². The molecule has 47 heteroatoms. The Morgan fingerprint density at radius 1 is 0.440 bits per heavy atom. The predicted octanol–water partition coefficient (Wildman–Crippen LogP) is 4.55. The number of rotatable bonds is 25. The number of hydrogen-bond donors (Lipinski definition) is 9. The molecule has 8 amide bonds. The van der Waals surface area contributed by atoms with Gasteiger partial charge in [-0.3, -0.25) is 20.9 Å². The van der Waals surface area contributed by atoms with E-state index in [1.807, 2.05) is 21.9 Å². The Kier molecular flexibility index (Phi) is 32.4. The number of aromatic nitrogens is 12. The summed E-state index contributed by atoms with van der Waals surface area (Å²) in [6, 6.07) is 20.7. The van der Waals surface area contributed by atoms with E-state index in [1.165, 1.54) is 90.1 Å². The molecule has 0 aliphatic carbocycles. The van der Waals surface area contributed by atoms with Crippen LogP contribution in [0.1, 0.15) is 44.0 Å². The van der Waals surface area contributed by atoms with E-state index in [2.05, 4.69) is 80.0 Å². The molecule has 0 spiro atoms. The summed E-state index contributed by atoms with van der Waals surface area (Å²) in [7, 11) is 6.83. The molecule has 532 valence electrons. The number of methoxy groups -OCH3 is 4. The zero-order valence-electron chi connectivity index (χ0n) is 53.0. The van der Waals surface area contributed by atoms with Crippen LogP contribution in [-0.4, -0.2) is 171 Å². The highest BCUT2D eigenvalue weighted by atomic mass is 35.5. The second-order valence-corrected chi connectivity index (χ2v) is 22.8. The summed E-state index contributed by atoms with van der Waals surface area (Å²) in [6.07, 6.45) is 0. The van der Waals surface area contributed by atoms with E-state index in [0.717, 1.165) is 4.90 Å². The van der Waals surface area contributed by atoms with Crippen LogP contribution in [0.4, 0.5) is 43.0 Å². The Morgan fingerprint density at radius 3 is 1.16 bits per heavy atom. The van der Waals surface area contributed by atoms with Gasteiger partial charge in [-0.1, -0.05) is 60.1 Å². The Hall–Kier alpha value is -11.0. The first-order valence-corrected chi connectivity index (χ1v) is 32.3. The molecule has 4 atom stereocenters. The molecular weight excluding hydrogens is 1450 g/mol. The lowest BCUT2D eigenvalue weighted by molar-refractivity contribution is 0.0682. The van der Waals surface area contributed by atoms with Crippen LogP contribution in [0.15, 0.2) is 117 Å². The highest BCUT2D eigenvalue weighted by Gasteiger charge is 2.23. The predicted molar refractivity (Wildman–Crippen MR) is 349 cm³/mol. The van der Waals surface area contributed by atoms with E-state index in [-0.39, 0.29) is 96.1 Å². The first kappa shape index (κ1) is 79.6. The summed E-state index contributed by atoms with van der Waals surface area (Å²) in [6.45, 7) is 6.62. The van der Waals surface area contributed by atoms with Gasteiger partial charge in [-0.15, -0.1) is 11.6 Å². The highest BCUT2D eigenvalue weighted by Crippen LogP contribution is 2.23. The largest absolute Gasteiger partial charge is 0.491 e. The number of carbonyl (C=O) groups is 6. The second kappa shape index (κ2) is 40.6. The van der Waals surface area contributed by atoms with Crippen molar-refractivity contribution < 1.29 is 96.6 Å². The molecule has 0 fully saturated rings. The fraction of sp³-hybridized carbons (Fsp3) is 0.208. The van der Waals surface area contributed by atoms with Gasteiger partial charge in [-0.2, -0.15) is 82.4 Å². The van der Waals surface area contributed by atoms with Gasteiger partial charge in [0.1, 0.15) is 40.5 Å². The van der Waals surface area contributed by atoms with Crippen LogP contribution in [0.2, 0.25) is 5.02 Å². The number of benzene rings is 4. The number of aryl methyl sites for hydroxylation is 4. The number of para-hydroxylation sites is 1. The Bertz CT molecular complexity index is 4300. The van der Waals surface area contributed by atoms with E-state index < -0.39 is 80.4 Å². The molecule has 0 saturated heterocycles. The van der Waals surface area contributed by atoms with Gasteiger partial charge < -0.3 is 33.9 Å². The van der Waals surface area contributed by atoms with Gasteiger partial charge in [0.05, 0.1) is 65.2 Å². The smallest absolute Gasteiger partial charge is 0.348 e. The molecule has 0 aliphatic rings. The van der Waals surface area contributed by atoms with Crippen molar-refractivity contribution in [2.75, 3.05) is 68.8 Å². The van der Waals surface area contributed by atoms with Crippen LogP contribution in [0.3, 0.4) is 0 Å². The molecule has 8 rings (SSSR count). The van der Waals surface area contributed by atoms with Crippen molar-refractivity contribution in [1.82, 2.24) is 81.7 Å². The van der Waals surface area contributed by atoms with Crippen molar-refractivity contribution in [3.63, 3.8) is 0 Å². The number of carbonyl (C=O) groups excluding carboxylic acids is 4. The van der Waals surface area contributed by atoms with Crippen LogP contribution in [0.25, 0.3) is 0 Å². The first-order chi connectivity index (χ1) is 47.7. The molecule has 0 saturated carbocycles. The first-order valence-electron chi connectivity index (χ1n) is 27.1. The number of amides is 8. The Balaban J connectivity index is 0.000000241. The maximum atomic E-state index is 12.2. The number of carboxylic acids is 2. The summed E-state index contributed by atoms with van der Waals surface area (Å²) in [5.74, 6) is -0.814. The monoisotopic (exact) mass is 1510 g/mol. The van der Waals surface area contributed by atoms with Crippen LogP contribution < -0.4 is 66.5 Å². The maximum Gasteiger partial charge on any atom is 0.348 e. The zero-order chi connectivity index (χ0) is 73.4. The molecule has 4 aromatic heterocycles. The fourth-order valence-corrected chi connectivity index (χ4v) is 9.84. The standard InChI is InChI=1S/C14H16ClN5O5S.C14H15N5O6S.C13H13N5O6S.C12H12ClN5O4S/c1-9-16-12(19-14(17-9)23-2)18-13(21)20-25-26(22)11-6-4-3-5-10(11)24-8-7-15;1-8-15-12(17-13(16-8)24-3)19(2)14(22)18-25-26(23)10-7-5-4-6-9(10)11(20)21;1-7-14-11(17-13(15-7)23-2)16-12(21)18-24-25(22)9-6-4-3-5-8(9)10(19)20;1-7-14-10(17-12(15-7)21-2)16-11(19)18-22-23(20)9-6-4-3-5-8(9)13/h3-6H,7-8H2,1-2H3,(H2,16,17,18,19,20,21);4-7H,1-3H3,(H,18,22)(H,20,21);3-6H,1-2H3,(H,19,20)(H2,14,15,16,17,18,21);3-6H,1-2H3,(H2,14,15,16,17,18,19). The zero-order valence-corrected chi connectivity index (χ0v) is 57.8. The van der Waals surface area contributed by atoms with Crippen molar-refractivity contribution >= 4 is 127 Å². The number of carboxylic acid groups (broad SMARTS) is 2. The van der Waals surface area contributed by atoms with E-state index in [9.17, 15) is 45.6 Å². The van der Waals surface area contributed by atoms with E-state index in [1.54, 1.807) is 70.2 Å². The van der Waals surface area contributed by atoms with E-state index in [0.29, 0.717) is 29.0 Å². The molecule has 41 nitrogen and oxygen atoms in total. The van der Waals surface area contributed by atoms with Crippen molar-refractivity contribution in [1.29, 1.82) is 0 Å². The number of urea groups is 4. The lowest BCUT2D eigenvalue weighted by Gasteiger charge is -2.16. The molecule has 4 unspecified atom stereocenters. The summed E-state index contributed by atoms with van der Waals surface area (Å²) in [4.78, 5) is 117. The highest BCUT2D eigenvalue weighted by molar-refractivity contribution is 7.81. The average Bonchev–Trinajstić information content (AvgIpc) is 0.859. The summed E-state index contributed by atoms with van der Waals surface area (Å²) in [5.41, 5.74) is 7.37. The molecule has 0 aliphatic heterocycles. The summed E-state index contributed by atoms with van der Waals surface area (Å²) in [5, 5.41) is 25.2. The third-order valence-electron chi connectivity index (χ3n) is 10.7. The van der Waals surface area contributed by atoms with Crippen LogP contribution in [-0.2, 0) is 61.5 Å². The van der Waals surface area contributed by atoms with Gasteiger partial charge in [-0.25, -0.2) is 62.0 Å². The van der Waals surface area contributed by atoms with Crippen molar-refractivity contribution in [2.24, 2.45) is 0 Å². The van der Waals surface area contributed by atoms with Gasteiger partial charge in [0.15, 0.2) is 0 Å². The summed E-state index contributed by atoms with van der Waals surface area (Å²) >= 11 is 3.00. The topological polar surface area (TPSA) is 536 Å².